The molecule has 150 valence electrons. The molecule has 1 heterocycles. The Hall–Kier alpha value is -3.23. The van der Waals surface area contributed by atoms with Crippen molar-refractivity contribution in [1.29, 1.82) is 0 Å². The van der Waals surface area contributed by atoms with Crippen LogP contribution in [-0.4, -0.2) is 33.4 Å². The Bertz CT molecular complexity index is 1080. The number of nitrogens with zero attached hydrogens (tertiary/aromatic N) is 2. The molecule has 2 N–H and O–H groups in total. The van der Waals surface area contributed by atoms with Gasteiger partial charge < -0.3 is 10.2 Å². The summed E-state index contributed by atoms with van der Waals surface area (Å²) in [7, 11) is -0.00362. The molecule has 1 amide bonds. The van der Waals surface area contributed by atoms with Gasteiger partial charge in [-0.05, 0) is 35.9 Å². The van der Waals surface area contributed by atoms with E-state index < -0.39 is 15.9 Å². The van der Waals surface area contributed by atoms with Crippen LogP contribution in [0.5, 0.6) is 0 Å². The molecule has 0 saturated heterocycles. The zero-order valence-corrected chi connectivity index (χ0v) is 17.0. The minimum atomic E-state index is -3.75. The minimum Gasteiger partial charge on any atom is -0.363 e. The molecule has 0 fully saturated rings. The molecule has 1 aromatic heterocycles. The van der Waals surface area contributed by atoms with Crippen LogP contribution >= 0.6 is 0 Å². The summed E-state index contributed by atoms with van der Waals surface area (Å²) in [6.45, 7) is 0.170. The second kappa shape index (κ2) is 8.85. The molecule has 0 aliphatic heterocycles. The molecule has 3 aromatic rings. The van der Waals surface area contributed by atoms with E-state index >= 15 is 0 Å². The van der Waals surface area contributed by atoms with Crippen molar-refractivity contribution >= 4 is 27.4 Å². The molecule has 0 radical (unpaired) electrons. The molecule has 7 nitrogen and oxygen atoms in total. The largest absolute Gasteiger partial charge is 0.363 e. The number of hydrogen-bond acceptors (Lipinski definition) is 5. The third-order valence-electron chi connectivity index (χ3n) is 4.18. The molecule has 0 bridgehead atoms. The number of anilines is 2. The quantitative estimate of drug-likeness (QED) is 0.625. The first kappa shape index (κ1) is 20.5. The number of carbonyl (C=O) groups is 1. The van der Waals surface area contributed by atoms with E-state index in [1.165, 1.54) is 12.1 Å². The first-order valence-electron chi connectivity index (χ1n) is 8.93. The van der Waals surface area contributed by atoms with Gasteiger partial charge in [0.2, 0.25) is 10.0 Å². The number of pyridine rings is 1. The van der Waals surface area contributed by atoms with Gasteiger partial charge in [-0.25, -0.2) is 18.1 Å². The van der Waals surface area contributed by atoms with Crippen LogP contribution in [0.4, 0.5) is 11.5 Å². The summed E-state index contributed by atoms with van der Waals surface area (Å²) in [5, 5.41) is 2.73. The first-order valence-corrected chi connectivity index (χ1v) is 10.4. The molecule has 0 atom stereocenters. The van der Waals surface area contributed by atoms with Crippen molar-refractivity contribution in [3.8, 4) is 0 Å². The smallest absolute Gasteiger partial charge is 0.255 e. The molecule has 0 aliphatic rings. The summed E-state index contributed by atoms with van der Waals surface area (Å²) in [6.07, 6.45) is 1.55. The molecule has 2 aromatic carbocycles. The average molecular weight is 410 g/mol. The van der Waals surface area contributed by atoms with Gasteiger partial charge in [0, 0.05) is 26.2 Å². The first-order chi connectivity index (χ1) is 13.8. The van der Waals surface area contributed by atoms with Crippen molar-refractivity contribution in [2.45, 2.75) is 11.4 Å². The van der Waals surface area contributed by atoms with Crippen LogP contribution in [0.25, 0.3) is 0 Å². The van der Waals surface area contributed by atoms with Gasteiger partial charge in [-0.15, -0.1) is 0 Å². The third kappa shape index (κ3) is 5.40. The fourth-order valence-electron chi connectivity index (χ4n) is 2.59. The van der Waals surface area contributed by atoms with Crippen molar-refractivity contribution in [3.05, 3.63) is 84.1 Å². The molecule has 0 saturated carbocycles. The van der Waals surface area contributed by atoms with Gasteiger partial charge in [-0.1, -0.05) is 36.4 Å². The molecule has 8 heteroatoms. The SMILES string of the molecule is CN(C)c1ccc(NC(=O)c2cccc(S(=O)(=O)NCc3ccccc3)c2)cn1. The van der Waals surface area contributed by atoms with Gasteiger partial charge in [-0.3, -0.25) is 4.79 Å². The van der Waals surface area contributed by atoms with E-state index in [0.717, 1.165) is 11.4 Å². The van der Waals surface area contributed by atoms with Crippen LogP contribution in [0.15, 0.2) is 77.8 Å². The van der Waals surface area contributed by atoms with E-state index in [-0.39, 0.29) is 17.0 Å². The van der Waals surface area contributed by atoms with E-state index in [9.17, 15) is 13.2 Å². The topological polar surface area (TPSA) is 91.4 Å². The summed E-state index contributed by atoms with van der Waals surface area (Å²) < 4.78 is 27.7. The fourth-order valence-corrected chi connectivity index (χ4v) is 3.65. The number of nitrogens with one attached hydrogen (secondary N) is 2. The molecular formula is C21H22N4O3S. The number of rotatable bonds is 7. The van der Waals surface area contributed by atoms with E-state index in [1.54, 1.807) is 30.5 Å². The lowest BCUT2D eigenvalue weighted by Gasteiger charge is -2.12. The Kier molecular flexibility index (Phi) is 6.26. The van der Waals surface area contributed by atoms with Crippen molar-refractivity contribution in [1.82, 2.24) is 9.71 Å². The maximum absolute atomic E-state index is 12.6. The summed E-state index contributed by atoms with van der Waals surface area (Å²) in [5.74, 6) is 0.352. The number of carbonyl (C=O) groups excluding carboxylic acids is 1. The summed E-state index contributed by atoms with van der Waals surface area (Å²) in [6, 6.07) is 18.7. The Labute approximate surface area is 170 Å². The molecule has 0 unspecified atom stereocenters. The van der Waals surface area contributed by atoms with E-state index in [4.69, 9.17) is 0 Å². The van der Waals surface area contributed by atoms with Crippen molar-refractivity contribution in [2.75, 3.05) is 24.3 Å². The Morgan fingerprint density at radius 2 is 1.76 bits per heavy atom. The monoisotopic (exact) mass is 410 g/mol. The zero-order valence-electron chi connectivity index (χ0n) is 16.2. The maximum Gasteiger partial charge on any atom is 0.255 e. The summed E-state index contributed by atoms with van der Waals surface area (Å²) in [5.41, 5.74) is 1.61. The van der Waals surface area contributed by atoms with Crippen LogP contribution < -0.4 is 14.9 Å². The lowest BCUT2D eigenvalue weighted by atomic mass is 10.2. The minimum absolute atomic E-state index is 0.0298. The molecule has 0 spiro atoms. The van der Waals surface area contributed by atoms with Crippen molar-refractivity contribution < 1.29 is 13.2 Å². The summed E-state index contributed by atoms with van der Waals surface area (Å²) >= 11 is 0. The highest BCUT2D eigenvalue weighted by Crippen LogP contribution is 2.16. The highest BCUT2D eigenvalue weighted by Gasteiger charge is 2.16. The molecule has 3 rings (SSSR count). The zero-order chi connectivity index (χ0) is 20.9. The van der Waals surface area contributed by atoms with Crippen molar-refractivity contribution in [3.63, 3.8) is 0 Å². The molecule has 29 heavy (non-hydrogen) atoms. The maximum atomic E-state index is 12.6. The van der Waals surface area contributed by atoms with Crippen LogP contribution in [0.2, 0.25) is 0 Å². The second-order valence-corrected chi connectivity index (χ2v) is 8.36. The fraction of sp³-hybridized carbons (Fsp3) is 0.143. The molecular weight excluding hydrogens is 388 g/mol. The highest BCUT2D eigenvalue weighted by atomic mass is 32.2. The Morgan fingerprint density at radius 1 is 1.00 bits per heavy atom. The van der Waals surface area contributed by atoms with Gasteiger partial charge in [0.05, 0.1) is 16.8 Å². The van der Waals surface area contributed by atoms with Gasteiger partial charge in [0.1, 0.15) is 5.82 Å². The predicted octanol–water partition coefficient (Wildman–Crippen LogP) is 2.88. The second-order valence-electron chi connectivity index (χ2n) is 6.59. The normalized spacial score (nSPS) is 11.1. The van der Waals surface area contributed by atoms with Crippen LogP contribution in [-0.2, 0) is 16.6 Å². The number of aromatic nitrogens is 1. The standard InChI is InChI=1S/C21H22N4O3S/c1-25(2)20-12-11-18(15-22-20)24-21(26)17-9-6-10-19(13-17)29(27,28)23-14-16-7-4-3-5-8-16/h3-13,15,23H,14H2,1-2H3,(H,24,26). The van der Waals surface area contributed by atoms with E-state index in [1.807, 2.05) is 49.3 Å². The number of hydrogen-bond donors (Lipinski definition) is 2. The lowest BCUT2D eigenvalue weighted by Crippen LogP contribution is -2.23. The molecule has 0 aliphatic carbocycles. The van der Waals surface area contributed by atoms with Crippen molar-refractivity contribution in [2.24, 2.45) is 0 Å². The third-order valence-corrected chi connectivity index (χ3v) is 5.58. The van der Waals surface area contributed by atoms with E-state index in [0.29, 0.717) is 5.69 Å². The number of amides is 1. The highest BCUT2D eigenvalue weighted by molar-refractivity contribution is 7.89. The summed E-state index contributed by atoms with van der Waals surface area (Å²) in [4.78, 5) is 18.6. The average Bonchev–Trinajstić information content (AvgIpc) is 2.73. The lowest BCUT2D eigenvalue weighted by molar-refractivity contribution is 0.102. The number of benzene rings is 2. The van der Waals surface area contributed by atoms with Crippen LogP contribution in [0.3, 0.4) is 0 Å². The van der Waals surface area contributed by atoms with Gasteiger partial charge in [0.15, 0.2) is 0 Å². The predicted molar refractivity (Wildman–Crippen MR) is 113 cm³/mol. The van der Waals surface area contributed by atoms with Gasteiger partial charge in [0.25, 0.3) is 5.91 Å². The Balaban J connectivity index is 1.71. The van der Waals surface area contributed by atoms with Crippen LogP contribution in [0.1, 0.15) is 15.9 Å². The van der Waals surface area contributed by atoms with Gasteiger partial charge >= 0.3 is 0 Å². The van der Waals surface area contributed by atoms with Crippen LogP contribution in [0, 0.1) is 0 Å². The number of sulfonamides is 1. The van der Waals surface area contributed by atoms with E-state index in [2.05, 4.69) is 15.0 Å². The van der Waals surface area contributed by atoms with Gasteiger partial charge in [-0.2, -0.15) is 0 Å². The Morgan fingerprint density at radius 3 is 2.41 bits per heavy atom.